The van der Waals surface area contributed by atoms with Gasteiger partial charge in [0.1, 0.15) is 0 Å². The van der Waals surface area contributed by atoms with Crippen LogP contribution in [-0.4, -0.2) is 10.1 Å². The van der Waals surface area contributed by atoms with E-state index in [0.29, 0.717) is 24.6 Å². The summed E-state index contributed by atoms with van der Waals surface area (Å²) in [5.74, 6) is 1.42. The quantitative estimate of drug-likeness (QED) is 0.840. The van der Waals surface area contributed by atoms with Crippen LogP contribution in [0, 0.1) is 11.3 Å². The molecule has 0 N–H and O–H groups in total. The Kier molecular flexibility index (Phi) is 4.69. The first kappa shape index (κ1) is 13.8. The molecule has 4 nitrogen and oxygen atoms in total. The highest BCUT2D eigenvalue weighted by atomic mass is 79.9. The van der Waals surface area contributed by atoms with E-state index in [0.717, 1.165) is 16.5 Å². The molecule has 2 aromatic rings. The Morgan fingerprint density at radius 1 is 1.47 bits per heavy atom. The van der Waals surface area contributed by atoms with Gasteiger partial charge >= 0.3 is 0 Å². The van der Waals surface area contributed by atoms with Crippen molar-refractivity contribution in [3.8, 4) is 6.07 Å². The number of nitrogens with zero attached hydrogens (tertiary/aromatic N) is 3. The summed E-state index contributed by atoms with van der Waals surface area (Å²) in [6.07, 6.45) is 1.90. The molecule has 0 amide bonds. The summed E-state index contributed by atoms with van der Waals surface area (Å²) in [4.78, 5) is 4.39. The zero-order chi connectivity index (χ0) is 13.7. The Morgan fingerprint density at radius 3 is 3.05 bits per heavy atom. The van der Waals surface area contributed by atoms with Crippen molar-refractivity contribution in [3.05, 3.63) is 46.0 Å². The van der Waals surface area contributed by atoms with Crippen molar-refractivity contribution in [2.45, 2.75) is 32.1 Å². The molecule has 0 radical (unpaired) electrons. The molecule has 0 aliphatic rings. The molecule has 0 aliphatic carbocycles. The van der Waals surface area contributed by atoms with Crippen molar-refractivity contribution in [3.63, 3.8) is 0 Å². The third-order valence-electron chi connectivity index (χ3n) is 2.85. The summed E-state index contributed by atoms with van der Waals surface area (Å²) in [6, 6.07) is 10.2. The van der Waals surface area contributed by atoms with Gasteiger partial charge in [-0.25, -0.2) is 0 Å². The monoisotopic (exact) mass is 319 g/mol. The van der Waals surface area contributed by atoms with E-state index >= 15 is 0 Å². The molecule has 1 aromatic heterocycles. The molecule has 98 valence electrons. The number of benzene rings is 1. The van der Waals surface area contributed by atoms with Crippen molar-refractivity contribution in [2.75, 3.05) is 0 Å². The van der Waals surface area contributed by atoms with Gasteiger partial charge in [0.25, 0.3) is 0 Å². The van der Waals surface area contributed by atoms with Gasteiger partial charge < -0.3 is 4.52 Å². The molecular weight excluding hydrogens is 306 g/mol. The second-order valence-electron chi connectivity index (χ2n) is 4.45. The minimum absolute atomic E-state index is 0.128. The van der Waals surface area contributed by atoms with Gasteiger partial charge in [-0.1, -0.05) is 40.1 Å². The van der Waals surface area contributed by atoms with Crippen molar-refractivity contribution >= 4 is 15.9 Å². The number of rotatable bonds is 5. The fraction of sp³-hybridized carbons (Fsp3) is 0.357. The number of hydrogen-bond acceptors (Lipinski definition) is 4. The van der Waals surface area contributed by atoms with E-state index in [1.54, 1.807) is 0 Å². The zero-order valence-electron chi connectivity index (χ0n) is 10.6. The minimum Gasteiger partial charge on any atom is -0.339 e. The summed E-state index contributed by atoms with van der Waals surface area (Å²) in [5.41, 5.74) is 1.13. The predicted molar refractivity (Wildman–Crippen MR) is 74.5 cm³/mol. The van der Waals surface area contributed by atoms with Crippen molar-refractivity contribution < 1.29 is 4.52 Å². The van der Waals surface area contributed by atoms with Crippen LogP contribution in [0.3, 0.4) is 0 Å². The number of halogens is 1. The first-order valence-electron chi connectivity index (χ1n) is 6.13. The van der Waals surface area contributed by atoms with Gasteiger partial charge in [0.05, 0.1) is 6.07 Å². The highest BCUT2D eigenvalue weighted by Gasteiger charge is 2.14. The molecule has 1 aromatic carbocycles. The van der Waals surface area contributed by atoms with Crippen LogP contribution >= 0.6 is 15.9 Å². The average molecular weight is 320 g/mol. The highest BCUT2D eigenvalue weighted by Crippen LogP contribution is 2.19. The van der Waals surface area contributed by atoms with E-state index < -0.39 is 0 Å². The fourth-order valence-corrected chi connectivity index (χ4v) is 2.22. The minimum atomic E-state index is 0.128. The number of nitriles is 1. The van der Waals surface area contributed by atoms with E-state index in [1.807, 2.05) is 31.2 Å². The normalized spacial score (nSPS) is 12.1. The second kappa shape index (κ2) is 6.48. The molecule has 0 saturated carbocycles. The summed E-state index contributed by atoms with van der Waals surface area (Å²) in [7, 11) is 0. The zero-order valence-corrected chi connectivity index (χ0v) is 12.2. The van der Waals surface area contributed by atoms with Gasteiger partial charge in [-0.3, -0.25) is 0 Å². The first-order valence-corrected chi connectivity index (χ1v) is 6.92. The summed E-state index contributed by atoms with van der Waals surface area (Å²) in [6.45, 7) is 1.99. The van der Waals surface area contributed by atoms with E-state index in [1.165, 1.54) is 0 Å². The van der Waals surface area contributed by atoms with Gasteiger partial charge in [0, 0.05) is 23.2 Å². The van der Waals surface area contributed by atoms with Gasteiger partial charge in [-0.05, 0) is 24.1 Å². The molecule has 1 atom stereocenters. The highest BCUT2D eigenvalue weighted by molar-refractivity contribution is 9.10. The van der Waals surface area contributed by atoms with E-state index in [4.69, 9.17) is 9.78 Å². The maximum Gasteiger partial charge on any atom is 0.229 e. The maximum atomic E-state index is 8.57. The summed E-state index contributed by atoms with van der Waals surface area (Å²) < 4.78 is 6.28. The molecule has 0 fully saturated rings. The Bertz CT molecular complexity index is 588. The van der Waals surface area contributed by atoms with Gasteiger partial charge in [0.2, 0.25) is 5.89 Å². The molecule has 1 unspecified atom stereocenters. The van der Waals surface area contributed by atoms with Crippen molar-refractivity contribution in [1.82, 2.24) is 10.1 Å². The number of aromatic nitrogens is 2. The lowest BCUT2D eigenvalue weighted by Crippen LogP contribution is -1.95. The predicted octanol–water partition coefficient (Wildman–Crippen LogP) is 3.83. The lowest BCUT2D eigenvalue weighted by atomic mass is 10.1. The van der Waals surface area contributed by atoms with Crippen molar-refractivity contribution in [2.24, 2.45) is 0 Å². The lowest BCUT2D eigenvalue weighted by molar-refractivity contribution is 0.351. The third-order valence-corrected chi connectivity index (χ3v) is 3.34. The van der Waals surface area contributed by atoms with Gasteiger partial charge in [-0.15, -0.1) is 0 Å². The van der Waals surface area contributed by atoms with Crippen molar-refractivity contribution in [1.29, 1.82) is 5.26 Å². The SMILES string of the molecule is CC(CCC#N)c1nc(Cc2cccc(Br)c2)no1. The standard InChI is InChI=1S/C14H14BrN3O/c1-10(4-3-7-16)14-17-13(18-19-14)9-11-5-2-6-12(15)8-11/h2,5-6,8,10H,3-4,9H2,1H3. The van der Waals surface area contributed by atoms with Crippen LogP contribution in [0.2, 0.25) is 0 Å². The maximum absolute atomic E-state index is 8.57. The Labute approximate surface area is 120 Å². The molecule has 2 rings (SSSR count). The molecule has 0 bridgehead atoms. The van der Waals surface area contributed by atoms with Crippen LogP contribution in [-0.2, 0) is 6.42 Å². The molecule has 0 saturated heterocycles. The Balaban J connectivity index is 2.03. The van der Waals surface area contributed by atoms with Gasteiger partial charge in [-0.2, -0.15) is 10.2 Å². The smallest absolute Gasteiger partial charge is 0.229 e. The first-order chi connectivity index (χ1) is 9.19. The van der Waals surface area contributed by atoms with Crippen LogP contribution in [0.4, 0.5) is 0 Å². The molecule has 5 heteroatoms. The van der Waals surface area contributed by atoms with Crippen LogP contribution in [0.5, 0.6) is 0 Å². The van der Waals surface area contributed by atoms with Crippen LogP contribution < -0.4 is 0 Å². The van der Waals surface area contributed by atoms with Crippen LogP contribution in [0.1, 0.15) is 43.0 Å². The fourth-order valence-electron chi connectivity index (χ4n) is 1.77. The number of hydrogen-bond donors (Lipinski definition) is 0. The average Bonchev–Trinajstić information content (AvgIpc) is 2.84. The molecule has 0 aliphatic heterocycles. The van der Waals surface area contributed by atoms with Gasteiger partial charge in [0.15, 0.2) is 5.82 Å². The molecule has 1 heterocycles. The van der Waals surface area contributed by atoms with E-state index in [2.05, 4.69) is 32.1 Å². The summed E-state index contributed by atoms with van der Waals surface area (Å²) in [5, 5.41) is 12.6. The second-order valence-corrected chi connectivity index (χ2v) is 5.37. The topological polar surface area (TPSA) is 62.7 Å². The van der Waals surface area contributed by atoms with E-state index in [-0.39, 0.29) is 5.92 Å². The molecule has 0 spiro atoms. The van der Waals surface area contributed by atoms with E-state index in [9.17, 15) is 0 Å². The Hall–Kier alpha value is -1.67. The Morgan fingerprint density at radius 2 is 2.32 bits per heavy atom. The van der Waals surface area contributed by atoms with Crippen LogP contribution in [0.15, 0.2) is 33.3 Å². The molecular formula is C14H14BrN3O. The molecule has 19 heavy (non-hydrogen) atoms. The summed E-state index contributed by atoms with van der Waals surface area (Å²) >= 11 is 3.44. The third kappa shape index (κ3) is 3.90. The lowest BCUT2D eigenvalue weighted by Gasteiger charge is -2.01. The van der Waals surface area contributed by atoms with Crippen LogP contribution in [0.25, 0.3) is 0 Å². The largest absolute Gasteiger partial charge is 0.339 e.